The molecule has 0 heterocycles. The molecule has 0 aliphatic rings. The largest absolute Gasteiger partial charge is 0.390 e. The minimum Gasteiger partial charge on any atom is -0.390 e. The third-order valence-electron chi connectivity index (χ3n) is 3.02. The number of benzene rings is 1. The van der Waals surface area contributed by atoms with Crippen molar-refractivity contribution in [3.05, 3.63) is 35.4 Å². The number of aliphatic hydroxyl groups is 2. The molecule has 0 fully saturated rings. The zero-order valence-electron chi connectivity index (χ0n) is 11.4. The minimum atomic E-state index is -0.901. The molecular formula is C14H22N2O3. The van der Waals surface area contributed by atoms with E-state index in [-0.39, 0.29) is 5.91 Å². The Morgan fingerprint density at radius 1 is 1.21 bits per heavy atom. The van der Waals surface area contributed by atoms with Crippen LogP contribution in [0.15, 0.2) is 24.3 Å². The predicted molar refractivity (Wildman–Crippen MR) is 73.7 cm³/mol. The van der Waals surface area contributed by atoms with Crippen molar-refractivity contribution < 1.29 is 15.0 Å². The van der Waals surface area contributed by atoms with Crippen molar-refractivity contribution in [2.24, 2.45) is 0 Å². The summed E-state index contributed by atoms with van der Waals surface area (Å²) in [6.07, 6.45) is -0.896. The summed E-state index contributed by atoms with van der Waals surface area (Å²) < 4.78 is 0. The van der Waals surface area contributed by atoms with Crippen LogP contribution in [0.2, 0.25) is 0 Å². The summed E-state index contributed by atoms with van der Waals surface area (Å²) in [5, 5.41) is 25.3. The van der Waals surface area contributed by atoms with Gasteiger partial charge in [-0.15, -0.1) is 0 Å². The summed E-state index contributed by atoms with van der Waals surface area (Å²) in [5.74, 6) is -0.0534. The molecule has 4 N–H and O–H groups in total. The van der Waals surface area contributed by atoms with E-state index < -0.39 is 12.2 Å². The number of aliphatic hydroxyl groups excluding tert-OH is 2. The van der Waals surface area contributed by atoms with Crippen LogP contribution in [-0.2, 0) is 11.2 Å². The lowest BCUT2D eigenvalue weighted by Crippen LogP contribution is -2.23. The summed E-state index contributed by atoms with van der Waals surface area (Å²) in [5.41, 5.74) is 1.53. The lowest BCUT2D eigenvalue weighted by Gasteiger charge is -2.18. The van der Waals surface area contributed by atoms with Crippen molar-refractivity contribution in [1.82, 2.24) is 10.6 Å². The van der Waals surface area contributed by atoms with Crippen LogP contribution >= 0.6 is 0 Å². The van der Waals surface area contributed by atoms with E-state index in [1.54, 1.807) is 38.4 Å². The first-order valence-electron chi connectivity index (χ1n) is 6.38. The molecule has 1 aromatic carbocycles. The number of carbonyl (C=O) groups excluding carboxylic acids is 1. The van der Waals surface area contributed by atoms with E-state index in [2.05, 4.69) is 10.6 Å². The van der Waals surface area contributed by atoms with E-state index in [0.717, 1.165) is 5.56 Å². The first-order chi connectivity index (χ1) is 9.08. The predicted octanol–water partition coefficient (Wildman–Crippen LogP) is -0.0211. The maximum atomic E-state index is 11.2. The van der Waals surface area contributed by atoms with Gasteiger partial charge in [0.15, 0.2) is 0 Å². The van der Waals surface area contributed by atoms with Crippen LogP contribution in [0.25, 0.3) is 0 Å². The molecule has 0 radical (unpaired) electrons. The fourth-order valence-corrected chi connectivity index (χ4v) is 1.78. The Labute approximate surface area is 113 Å². The van der Waals surface area contributed by atoms with Crippen LogP contribution < -0.4 is 10.6 Å². The molecule has 5 heteroatoms. The molecule has 19 heavy (non-hydrogen) atoms. The van der Waals surface area contributed by atoms with E-state index in [4.69, 9.17) is 0 Å². The zero-order chi connectivity index (χ0) is 14.3. The quantitative estimate of drug-likeness (QED) is 0.559. The molecule has 1 amide bonds. The van der Waals surface area contributed by atoms with Gasteiger partial charge in [0.25, 0.3) is 0 Å². The van der Waals surface area contributed by atoms with Gasteiger partial charge in [0.1, 0.15) is 6.10 Å². The first-order valence-corrected chi connectivity index (χ1v) is 6.38. The topological polar surface area (TPSA) is 81.6 Å². The molecule has 1 aromatic rings. The summed E-state index contributed by atoms with van der Waals surface area (Å²) in [6.45, 7) is 0.646. The van der Waals surface area contributed by atoms with Crippen molar-refractivity contribution >= 4 is 5.91 Å². The fraction of sp³-hybridized carbons (Fsp3) is 0.500. The second kappa shape index (κ2) is 7.89. The number of rotatable bonds is 7. The van der Waals surface area contributed by atoms with Crippen LogP contribution in [0.3, 0.4) is 0 Å². The molecular weight excluding hydrogens is 244 g/mol. The highest BCUT2D eigenvalue weighted by Gasteiger charge is 2.17. The molecule has 0 aliphatic heterocycles. The smallest absolute Gasteiger partial charge is 0.224 e. The van der Waals surface area contributed by atoms with E-state index >= 15 is 0 Å². The van der Waals surface area contributed by atoms with Crippen LogP contribution in [0, 0.1) is 0 Å². The Morgan fingerprint density at radius 3 is 2.37 bits per heavy atom. The van der Waals surface area contributed by atoms with Gasteiger partial charge in [-0.1, -0.05) is 24.3 Å². The van der Waals surface area contributed by atoms with Gasteiger partial charge in [0.05, 0.1) is 12.5 Å². The average molecular weight is 266 g/mol. The van der Waals surface area contributed by atoms with E-state index in [0.29, 0.717) is 24.9 Å². The highest BCUT2D eigenvalue weighted by Crippen LogP contribution is 2.19. The Hall–Kier alpha value is -1.43. The summed E-state index contributed by atoms with van der Waals surface area (Å²) >= 11 is 0. The van der Waals surface area contributed by atoms with Gasteiger partial charge < -0.3 is 20.8 Å². The molecule has 5 nitrogen and oxygen atoms in total. The molecule has 2 unspecified atom stereocenters. The van der Waals surface area contributed by atoms with Crippen LogP contribution in [0.4, 0.5) is 0 Å². The monoisotopic (exact) mass is 266 g/mol. The molecule has 0 saturated carbocycles. The van der Waals surface area contributed by atoms with Crippen LogP contribution in [0.5, 0.6) is 0 Å². The third kappa shape index (κ3) is 4.98. The van der Waals surface area contributed by atoms with Crippen molar-refractivity contribution in [3.63, 3.8) is 0 Å². The number of nitrogens with one attached hydrogen (secondary N) is 2. The summed E-state index contributed by atoms with van der Waals surface area (Å²) in [4.78, 5) is 11.2. The molecule has 1 rings (SSSR count). The molecule has 2 atom stereocenters. The molecule has 106 valence electrons. The summed E-state index contributed by atoms with van der Waals surface area (Å²) in [6, 6.07) is 7.06. The third-order valence-corrected chi connectivity index (χ3v) is 3.02. The zero-order valence-corrected chi connectivity index (χ0v) is 11.4. The van der Waals surface area contributed by atoms with Crippen molar-refractivity contribution in [1.29, 1.82) is 0 Å². The van der Waals surface area contributed by atoms with Crippen molar-refractivity contribution in [2.45, 2.75) is 25.0 Å². The highest BCUT2D eigenvalue weighted by atomic mass is 16.3. The normalized spacial score (nSPS) is 13.9. The molecule has 0 spiro atoms. The first kappa shape index (κ1) is 15.6. The fourth-order valence-electron chi connectivity index (χ4n) is 1.78. The van der Waals surface area contributed by atoms with E-state index in [1.807, 2.05) is 0 Å². The van der Waals surface area contributed by atoms with Gasteiger partial charge in [0.2, 0.25) is 5.91 Å². The van der Waals surface area contributed by atoms with Gasteiger partial charge in [0, 0.05) is 7.05 Å². The Bertz CT molecular complexity index is 392. The lowest BCUT2D eigenvalue weighted by atomic mass is 10.00. The standard InChI is InChI=1S/C14H22N2O3/c1-15-8-7-12(17)14(19)11-5-3-10(4-6-11)9-13(18)16-2/h3-6,12,14-15,17,19H,7-9H2,1-2H3,(H,16,18). The van der Waals surface area contributed by atoms with E-state index in [9.17, 15) is 15.0 Å². The van der Waals surface area contributed by atoms with E-state index in [1.165, 1.54) is 0 Å². The Balaban J connectivity index is 2.62. The number of amides is 1. The summed E-state index contributed by atoms with van der Waals surface area (Å²) in [7, 11) is 3.39. The minimum absolute atomic E-state index is 0.0534. The maximum absolute atomic E-state index is 11.2. The SMILES string of the molecule is CNCCC(O)C(O)c1ccc(CC(=O)NC)cc1. The van der Waals surface area contributed by atoms with Crippen molar-refractivity contribution in [2.75, 3.05) is 20.6 Å². The van der Waals surface area contributed by atoms with Gasteiger partial charge in [-0.05, 0) is 31.1 Å². The van der Waals surface area contributed by atoms with Gasteiger partial charge in [-0.25, -0.2) is 0 Å². The lowest BCUT2D eigenvalue weighted by molar-refractivity contribution is -0.119. The number of likely N-dealkylation sites (N-methyl/N-ethyl adjacent to an activating group) is 1. The van der Waals surface area contributed by atoms with Crippen molar-refractivity contribution in [3.8, 4) is 0 Å². The molecule has 0 saturated heterocycles. The van der Waals surface area contributed by atoms with Crippen LogP contribution in [0.1, 0.15) is 23.7 Å². The second-order valence-electron chi connectivity index (χ2n) is 4.50. The number of hydrogen-bond acceptors (Lipinski definition) is 4. The molecule has 0 bridgehead atoms. The Kier molecular flexibility index (Phi) is 6.49. The van der Waals surface area contributed by atoms with Gasteiger partial charge in [-0.3, -0.25) is 4.79 Å². The average Bonchev–Trinajstić information content (AvgIpc) is 2.44. The molecule has 0 aromatic heterocycles. The molecule has 0 aliphatic carbocycles. The van der Waals surface area contributed by atoms with Gasteiger partial charge >= 0.3 is 0 Å². The second-order valence-corrected chi connectivity index (χ2v) is 4.50. The maximum Gasteiger partial charge on any atom is 0.224 e. The number of hydrogen-bond donors (Lipinski definition) is 4. The van der Waals surface area contributed by atoms with Crippen LogP contribution in [-0.4, -0.2) is 42.9 Å². The van der Waals surface area contributed by atoms with Gasteiger partial charge in [-0.2, -0.15) is 0 Å². The number of carbonyl (C=O) groups is 1. The Morgan fingerprint density at radius 2 is 1.84 bits per heavy atom. The highest BCUT2D eigenvalue weighted by molar-refractivity contribution is 5.78.